The van der Waals surface area contributed by atoms with E-state index in [1.54, 1.807) is 6.92 Å². The van der Waals surface area contributed by atoms with Gasteiger partial charge in [0, 0.05) is 11.8 Å². The fourth-order valence-electron chi connectivity index (χ4n) is 1.22. The smallest absolute Gasteiger partial charge is 0.441 e. The Morgan fingerprint density at radius 2 is 2.07 bits per heavy atom. The van der Waals surface area contributed by atoms with Gasteiger partial charge in [-0.25, -0.2) is 4.98 Å². The highest BCUT2D eigenvalue weighted by atomic mass is 32.2. The molecular formula is C9H6F3NOS. The number of thioether (sulfide) groups is 1. The average Bonchev–Trinajstić information content (AvgIpc) is 2.40. The van der Waals surface area contributed by atoms with E-state index in [0.717, 1.165) is 0 Å². The quantitative estimate of drug-likeness (QED) is 0.701. The van der Waals surface area contributed by atoms with Crippen molar-refractivity contribution in [3.05, 3.63) is 24.1 Å². The lowest BCUT2D eigenvalue weighted by Crippen LogP contribution is -1.98. The van der Waals surface area contributed by atoms with E-state index in [1.807, 2.05) is 0 Å². The monoisotopic (exact) mass is 233 g/mol. The molecule has 2 aromatic rings. The van der Waals surface area contributed by atoms with E-state index in [2.05, 4.69) is 4.98 Å². The van der Waals surface area contributed by atoms with Crippen molar-refractivity contribution in [1.29, 1.82) is 0 Å². The van der Waals surface area contributed by atoms with Crippen molar-refractivity contribution in [2.24, 2.45) is 0 Å². The van der Waals surface area contributed by atoms with Crippen LogP contribution in [0, 0.1) is 6.92 Å². The first-order valence-corrected chi connectivity index (χ1v) is 4.89. The van der Waals surface area contributed by atoms with E-state index in [-0.39, 0.29) is 16.7 Å². The van der Waals surface area contributed by atoms with Gasteiger partial charge in [0.05, 0.1) is 0 Å². The largest absolute Gasteiger partial charge is 0.446 e. The molecule has 0 saturated heterocycles. The number of nitrogens with zero attached hydrogens (tertiary/aromatic N) is 1. The number of halogens is 3. The number of benzene rings is 1. The van der Waals surface area contributed by atoms with Crippen LogP contribution in [0.2, 0.25) is 0 Å². The van der Waals surface area contributed by atoms with Crippen molar-refractivity contribution < 1.29 is 17.6 Å². The summed E-state index contributed by atoms with van der Waals surface area (Å²) in [5.41, 5.74) is -3.33. The third-order valence-electron chi connectivity index (χ3n) is 1.70. The van der Waals surface area contributed by atoms with Crippen molar-refractivity contribution in [2.45, 2.75) is 17.3 Å². The van der Waals surface area contributed by atoms with Gasteiger partial charge in [0.2, 0.25) is 0 Å². The normalized spacial score (nSPS) is 12.3. The zero-order valence-corrected chi connectivity index (χ0v) is 8.45. The Morgan fingerprint density at radius 1 is 1.33 bits per heavy atom. The molecule has 0 unspecified atom stereocenters. The Bertz CT molecular complexity index is 492. The molecule has 0 fully saturated rings. The molecule has 0 saturated carbocycles. The van der Waals surface area contributed by atoms with Crippen LogP contribution < -0.4 is 0 Å². The van der Waals surface area contributed by atoms with Crippen LogP contribution in [0.3, 0.4) is 0 Å². The van der Waals surface area contributed by atoms with Gasteiger partial charge in [-0.3, -0.25) is 0 Å². The second-order valence-electron chi connectivity index (χ2n) is 2.91. The lowest BCUT2D eigenvalue weighted by Gasteiger charge is -2.04. The van der Waals surface area contributed by atoms with Crippen molar-refractivity contribution >= 4 is 22.9 Å². The van der Waals surface area contributed by atoms with E-state index in [0.29, 0.717) is 17.0 Å². The summed E-state index contributed by atoms with van der Waals surface area (Å²) in [6, 6.07) is 4.22. The van der Waals surface area contributed by atoms with Crippen LogP contribution in [0.5, 0.6) is 0 Å². The molecule has 15 heavy (non-hydrogen) atoms. The molecular weight excluding hydrogens is 227 g/mol. The minimum absolute atomic E-state index is 0.114. The van der Waals surface area contributed by atoms with Crippen molar-refractivity contribution in [1.82, 2.24) is 4.98 Å². The van der Waals surface area contributed by atoms with E-state index in [4.69, 9.17) is 4.42 Å². The number of oxazole rings is 1. The third kappa shape index (κ3) is 2.44. The second-order valence-corrected chi connectivity index (χ2v) is 4.05. The molecule has 0 aliphatic rings. The van der Waals surface area contributed by atoms with Crippen LogP contribution in [-0.4, -0.2) is 10.5 Å². The van der Waals surface area contributed by atoms with Crippen LogP contribution >= 0.6 is 11.8 Å². The lowest BCUT2D eigenvalue weighted by atomic mass is 10.3. The van der Waals surface area contributed by atoms with Gasteiger partial charge in [-0.15, -0.1) is 0 Å². The van der Waals surface area contributed by atoms with Gasteiger partial charge in [-0.2, -0.15) is 13.2 Å². The summed E-state index contributed by atoms with van der Waals surface area (Å²) in [5.74, 6) is 0.444. The topological polar surface area (TPSA) is 26.0 Å². The van der Waals surface area contributed by atoms with Gasteiger partial charge in [-0.1, -0.05) is 0 Å². The van der Waals surface area contributed by atoms with Crippen LogP contribution in [0.15, 0.2) is 27.5 Å². The van der Waals surface area contributed by atoms with Crippen molar-refractivity contribution in [2.75, 3.05) is 0 Å². The molecule has 2 nitrogen and oxygen atoms in total. The standard InChI is InChI=1S/C9H6F3NOS/c1-5-13-7-4-6(15-9(10,11)12)2-3-8(7)14-5/h2-4H,1H3. The van der Waals surface area contributed by atoms with E-state index >= 15 is 0 Å². The number of rotatable bonds is 1. The summed E-state index contributed by atoms with van der Waals surface area (Å²) in [7, 11) is 0. The van der Waals surface area contributed by atoms with Gasteiger partial charge in [-0.05, 0) is 30.0 Å². The van der Waals surface area contributed by atoms with E-state index in [9.17, 15) is 13.2 Å². The second kappa shape index (κ2) is 3.44. The number of aromatic nitrogens is 1. The predicted molar refractivity (Wildman–Crippen MR) is 50.7 cm³/mol. The molecule has 0 atom stereocenters. The summed E-state index contributed by atoms with van der Waals surface area (Å²) in [6.07, 6.45) is 0. The highest BCUT2D eigenvalue weighted by Gasteiger charge is 2.29. The Morgan fingerprint density at radius 3 is 2.73 bits per heavy atom. The molecule has 6 heteroatoms. The number of hydrogen-bond donors (Lipinski definition) is 0. The van der Waals surface area contributed by atoms with Crippen LogP contribution in [0.4, 0.5) is 13.2 Å². The molecule has 0 aliphatic heterocycles. The summed E-state index contributed by atoms with van der Waals surface area (Å²) < 4.78 is 41.3. The minimum atomic E-state index is -4.27. The molecule has 1 aromatic heterocycles. The number of hydrogen-bond acceptors (Lipinski definition) is 3. The van der Waals surface area contributed by atoms with Gasteiger partial charge in [0.25, 0.3) is 0 Å². The number of fused-ring (bicyclic) bond motifs is 1. The zero-order chi connectivity index (χ0) is 11.1. The number of aryl methyl sites for hydroxylation is 1. The van der Waals surface area contributed by atoms with Gasteiger partial charge >= 0.3 is 5.51 Å². The Kier molecular flexibility index (Phi) is 2.38. The molecule has 0 N–H and O–H groups in total. The summed E-state index contributed by atoms with van der Waals surface area (Å²) in [4.78, 5) is 4.07. The molecule has 0 spiro atoms. The Labute approximate surface area is 87.5 Å². The summed E-state index contributed by atoms with van der Waals surface area (Å²) in [5, 5.41) is 0. The molecule has 2 rings (SSSR count). The first kappa shape index (κ1) is 10.4. The van der Waals surface area contributed by atoms with Gasteiger partial charge in [0.15, 0.2) is 11.5 Å². The molecule has 80 valence electrons. The first-order valence-electron chi connectivity index (χ1n) is 4.07. The molecule has 0 amide bonds. The molecule has 0 aliphatic carbocycles. The van der Waals surface area contributed by atoms with Crippen LogP contribution in [0.25, 0.3) is 11.1 Å². The zero-order valence-electron chi connectivity index (χ0n) is 7.63. The summed E-state index contributed by atoms with van der Waals surface area (Å²) in [6.45, 7) is 1.65. The van der Waals surface area contributed by atoms with Crippen LogP contribution in [-0.2, 0) is 0 Å². The Balaban J connectivity index is 2.38. The molecule has 1 heterocycles. The maximum absolute atomic E-state index is 12.1. The lowest BCUT2D eigenvalue weighted by molar-refractivity contribution is -0.0328. The highest BCUT2D eigenvalue weighted by molar-refractivity contribution is 8.00. The Hall–Kier alpha value is -1.17. The van der Waals surface area contributed by atoms with Crippen molar-refractivity contribution in [3.8, 4) is 0 Å². The maximum Gasteiger partial charge on any atom is 0.446 e. The molecule has 0 bridgehead atoms. The fourth-order valence-corrected chi connectivity index (χ4v) is 1.79. The predicted octanol–water partition coefficient (Wildman–Crippen LogP) is 3.75. The van der Waals surface area contributed by atoms with Crippen molar-refractivity contribution in [3.63, 3.8) is 0 Å². The molecule has 1 aromatic carbocycles. The van der Waals surface area contributed by atoms with E-state index in [1.165, 1.54) is 18.2 Å². The summed E-state index contributed by atoms with van der Waals surface area (Å²) >= 11 is -0.157. The van der Waals surface area contributed by atoms with E-state index < -0.39 is 5.51 Å². The average molecular weight is 233 g/mol. The maximum atomic E-state index is 12.1. The minimum Gasteiger partial charge on any atom is -0.441 e. The van der Waals surface area contributed by atoms with Gasteiger partial charge in [0.1, 0.15) is 5.52 Å². The number of alkyl halides is 3. The van der Waals surface area contributed by atoms with Crippen LogP contribution in [0.1, 0.15) is 5.89 Å². The first-order chi connectivity index (χ1) is 6.94. The van der Waals surface area contributed by atoms with Gasteiger partial charge < -0.3 is 4.42 Å². The third-order valence-corrected chi connectivity index (χ3v) is 2.42. The molecule has 0 radical (unpaired) electrons. The highest BCUT2D eigenvalue weighted by Crippen LogP contribution is 2.37. The SMILES string of the molecule is Cc1nc2cc(SC(F)(F)F)ccc2o1. The fraction of sp³-hybridized carbons (Fsp3) is 0.222.